The minimum absolute atomic E-state index is 0.865. The Bertz CT molecular complexity index is 228. The number of hydrogen-bond acceptors (Lipinski definition) is 5. The standard InChI is InChI=1S/C13H27N3OS/c1-17-10-9-15-5-3-14(4-6-15)7-8-16-11-13(12-16)18-2/h13H,3-12H2,1-2H3. The average molecular weight is 273 g/mol. The molecule has 0 aliphatic carbocycles. The van der Waals surface area contributed by atoms with Crippen LogP contribution >= 0.6 is 11.8 Å². The number of rotatable bonds is 7. The van der Waals surface area contributed by atoms with Crippen LogP contribution in [0.1, 0.15) is 0 Å². The predicted molar refractivity (Wildman–Crippen MR) is 78.5 cm³/mol. The van der Waals surface area contributed by atoms with Crippen LogP contribution in [-0.2, 0) is 4.74 Å². The van der Waals surface area contributed by atoms with Gasteiger partial charge in [-0.3, -0.25) is 14.7 Å². The van der Waals surface area contributed by atoms with Crippen LogP contribution < -0.4 is 0 Å². The Labute approximate surface area is 116 Å². The largest absolute Gasteiger partial charge is 0.383 e. The average Bonchev–Trinajstić information content (AvgIpc) is 2.36. The van der Waals surface area contributed by atoms with Crippen molar-refractivity contribution in [2.45, 2.75) is 5.25 Å². The Morgan fingerprint density at radius 3 is 2.06 bits per heavy atom. The first-order valence-corrected chi connectivity index (χ1v) is 8.29. The zero-order valence-electron chi connectivity index (χ0n) is 11.8. The van der Waals surface area contributed by atoms with Gasteiger partial charge in [0, 0.05) is 71.3 Å². The lowest BCUT2D eigenvalue weighted by Crippen LogP contribution is -2.53. The lowest BCUT2D eigenvalue weighted by atomic mass is 10.2. The summed E-state index contributed by atoms with van der Waals surface area (Å²) in [4.78, 5) is 7.70. The van der Waals surface area contributed by atoms with Crippen LogP contribution in [0.4, 0.5) is 0 Å². The molecule has 0 amide bonds. The fourth-order valence-electron chi connectivity index (χ4n) is 2.59. The lowest BCUT2D eigenvalue weighted by molar-refractivity contribution is 0.0842. The summed E-state index contributed by atoms with van der Waals surface area (Å²) in [7, 11) is 1.78. The summed E-state index contributed by atoms with van der Waals surface area (Å²) in [6.07, 6.45) is 2.22. The second kappa shape index (κ2) is 7.70. The third-order valence-electron chi connectivity index (χ3n) is 4.07. The maximum atomic E-state index is 5.13. The molecule has 0 bridgehead atoms. The van der Waals surface area contributed by atoms with Crippen LogP contribution in [0.3, 0.4) is 0 Å². The quantitative estimate of drug-likeness (QED) is 0.662. The minimum Gasteiger partial charge on any atom is -0.383 e. The molecule has 0 N–H and O–H groups in total. The van der Waals surface area contributed by atoms with Gasteiger partial charge in [-0.2, -0.15) is 11.8 Å². The smallest absolute Gasteiger partial charge is 0.0589 e. The number of thioether (sulfide) groups is 1. The van der Waals surface area contributed by atoms with Gasteiger partial charge in [-0.25, -0.2) is 0 Å². The van der Waals surface area contributed by atoms with Gasteiger partial charge in [0.25, 0.3) is 0 Å². The van der Waals surface area contributed by atoms with Gasteiger partial charge in [-0.05, 0) is 6.26 Å². The number of nitrogens with zero attached hydrogens (tertiary/aromatic N) is 3. The molecule has 2 saturated heterocycles. The first-order chi connectivity index (χ1) is 8.81. The van der Waals surface area contributed by atoms with Gasteiger partial charge in [0.2, 0.25) is 0 Å². The Balaban J connectivity index is 1.51. The van der Waals surface area contributed by atoms with Gasteiger partial charge in [0.15, 0.2) is 0 Å². The first kappa shape index (κ1) is 14.6. The van der Waals surface area contributed by atoms with Gasteiger partial charge >= 0.3 is 0 Å². The molecule has 5 heteroatoms. The highest BCUT2D eigenvalue weighted by molar-refractivity contribution is 7.99. The van der Waals surface area contributed by atoms with Crippen molar-refractivity contribution in [2.75, 3.05) is 78.9 Å². The molecule has 106 valence electrons. The number of methoxy groups -OCH3 is 1. The van der Waals surface area contributed by atoms with E-state index in [1.165, 1.54) is 52.4 Å². The second-order valence-electron chi connectivity index (χ2n) is 5.29. The van der Waals surface area contributed by atoms with E-state index in [9.17, 15) is 0 Å². The van der Waals surface area contributed by atoms with Gasteiger partial charge in [0.05, 0.1) is 6.61 Å². The van der Waals surface area contributed by atoms with Crippen molar-refractivity contribution < 1.29 is 4.74 Å². The molecule has 4 nitrogen and oxygen atoms in total. The normalized spacial score (nSPS) is 24.3. The van der Waals surface area contributed by atoms with Crippen LogP contribution in [0.2, 0.25) is 0 Å². The van der Waals surface area contributed by atoms with Gasteiger partial charge in [0.1, 0.15) is 0 Å². The van der Waals surface area contributed by atoms with Crippen LogP contribution in [-0.4, -0.2) is 98.8 Å². The van der Waals surface area contributed by atoms with E-state index in [1.807, 2.05) is 11.8 Å². The molecule has 2 aliphatic heterocycles. The predicted octanol–water partition coefficient (Wildman–Crippen LogP) is 0.298. The van der Waals surface area contributed by atoms with Crippen LogP contribution in [0.5, 0.6) is 0 Å². The topological polar surface area (TPSA) is 19.0 Å². The molecular weight excluding hydrogens is 246 g/mol. The molecule has 0 unspecified atom stereocenters. The lowest BCUT2D eigenvalue weighted by Gasteiger charge is -2.40. The number of likely N-dealkylation sites (tertiary alicyclic amines) is 1. The Hall–Kier alpha value is 0.190. The minimum atomic E-state index is 0.865. The molecule has 0 aromatic carbocycles. The van der Waals surface area contributed by atoms with Gasteiger partial charge in [-0.15, -0.1) is 0 Å². The zero-order chi connectivity index (χ0) is 12.8. The monoisotopic (exact) mass is 273 g/mol. The summed E-state index contributed by atoms with van der Waals surface area (Å²) in [6.45, 7) is 11.9. The van der Waals surface area contributed by atoms with E-state index in [2.05, 4.69) is 21.0 Å². The van der Waals surface area contributed by atoms with Crippen molar-refractivity contribution in [1.29, 1.82) is 0 Å². The fraction of sp³-hybridized carbons (Fsp3) is 1.00. The van der Waals surface area contributed by atoms with E-state index in [0.717, 1.165) is 18.4 Å². The van der Waals surface area contributed by atoms with E-state index < -0.39 is 0 Å². The fourth-order valence-corrected chi connectivity index (χ4v) is 3.31. The summed E-state index contributed by atoms with van der Waals surface area (Å²) < 4.78 is 5.13. The number of piperazine rings is 1. The molecule has 0 saturated carbocycles. The molecule has 2 rings (SSSR count). The van der Waals surface area contributed by atoms with Crippen molar-refractivity contribution >= 4 is 11.8 Å². The summed E-state index contributed by atoms with van der Waals surface area (Å²) in [6, 6.07) is 0. The van der Waals surface area contributed by atoms with E-state index in [-0.39, 0.29) is 0 Å². The number of hydrogen-bond donors (Lipinski definition) is 0. The second-order valence-corrected chi connectivity index (χ2v) is 6.43. The molecular formula is C13H27N3OS. The first-order valence-electron chi connectivity index (χ1n) is 7.00. The summed E-state index contributed by atoms with van der Waals surface area (Å²) in [5.41, 5.74) is 0. The zero-order valence-corrected chi connectivity index (χ0v) is 12.6. The molecule has 2 aliphatic rings. The molecule has 0 aromatic heterocycles. The maximum Gasteiger partial charge on any atom is 0.0589 e. The molecule has 2 fully saturated rings. The molecule has 0 spiro atoms. The van der Waals surface area contributed by atoms with Crippen LogP contribution in [0.15, 0.2) is 0 Å². The Kier molecular flexibility index (Phi) is 6.24. The molecule has 18 heavy (non-hydrogen) atoms. The van der Waals surface area contributed by atoms with Gasteiger partial charge in [-0.1, -0.05) is 0 Å². The molecule has 0 atom stereocenters. The van der Waals surface area contributed by atoms with Crippen molar-refractivity contribution in [3.8, 4) is 0 Å². The Morgan fingerprint density at radius 1 is 0.944 bits per heavy atom. The van der Waals surface area contributed by atoms with Crippen molar-refractivity contribution in [3.05, 3.63) is 0 Å². The van der Waals surface area contributed by atoms with Gasteiger partial charge < -0.3 is 4.74 Å². The SMILES string of the molecule is COCCN1CCN(CCN2CC(SC)C2)CC1. The van der Waals surface area contributed by atoms with Crippen molar-refractivity contribution in [2.24, 2.45) is 0 Å². The summed E-state index contributed by atoms with van der Waals surface area (Å²) >= 11 is 2.01. The van der Waals surface area contributed by atoms with E-state index in [4.69, 9.17) is 4.74 Å². The number of ether oxygens (including phenoxy) is 1. The third-order valence-corrected chi connectivity index (χ3v) is 5.03. The molecule has 2 heterocycles. The van der Waals surface area contributed by atoms with Crippen LogP contribution in [0, 0.1) is 0 Å². The summed E-state index contributed by atoms with van der Waals surface area (Å²) in [5, 5.41) is 0.899. The molecule has 0 aromatic rings. The highest BCUT2D eigenvalue weighted by Gasteiger charge is 2.26. The molecule has 0 radical (unpaired) electrons. The van der Waals surface area contributed by atoms with E-state index in [0.29, 0.717) is 0 Å². The van der Waals surface area contributed by atoms with E-state index >= 15 is 0 Å². The van der Waals surface area contributed by atoms with Crippen molar-refractivity contribution in [1.82, 2.24) is 14.7 Å². The Morgan fingerprint density at radius 2 is 1.50 bits per heavy atom. The van der Waals surface area contributed by atoms with Crippen LogP contribution in [0.25, 0.3) is 0 Å². The maximum absolute atomic E-state index is 5.13. The summed E-state index contributed by atoms with van der Waals surface area (Å²) in [5.74, 6) is 0. The highest BCUT2D eigenvalue weighted by atomic mass is 32.2. The van der Waals surface area contributed by atoms with Crippen molar-refractivity contribution in [3.63, 3.8) is 0 Å². The van der Waals surface area contributed by atoms with E-state index in [1.54, 1.807) is 7.11 Å². The highest BCUT2D eigenvalue weighted by Crippen LogP contribution is 2.19. The third kappa shape index (κ3) is 4.38.